The number of hydrogen-bond donors (Lipinski definition) is 2. The maximum absolute atomic E-state index is 12.2. The van der Waals surface area contributed by atoms with Gasteiger partial charge in [-0.15, -0.1) is 0 Å². The molecule has 1 heterocycles. The van der Waals surface area contributed by atoms with Crippen LogP contribution in [0.4, 0.5) is 0 Å². The number of aromatic nitrogens is 1. The van der Waals surface area contributed by atoms with E-state index in [0.717, 1.165) is 22.9 Å². The molecule has 24 heavy (non-hydrogen) atoms. The fourth-order valence-electron chi connectivity index (χ4n) is 2.91. The third-order valence-electron chi connectivity index (χ3n) is 4.45. The second kappa shape index (κ2) is 6.89. The average molecular weight is 322 g/mol. The van der Waals surface area contributed by atoms with Crippen molar-refractivity contribution in [2.45, 2.75) is 25.9 Å². The maximum atomic E-state index is 12.2. The second-order valence-corrected chi connectivity index (χ2v) is 6.35. The van der Waals surface area contributed by atoms with Crippen molar-refractivity contribution in [3.05, 3.63) is 76.2 Å². The summed E-state index contributed by atoms with van der Waals surface area (Å²) in [5.41, 5.74) is 2.06. The summed E-state index contributed by atoms with van der Waals surface area (Å²) in [6, 6.07) is 17.3. The third kappa shape index (κ3) is 3.66. The number of pyridine rings is 1. The number of benzene rings is 2. The van der Waals surface area contributed by atoms with E-state index in [1.165, 1.54) is 5.56 Å². The molecule has 124 valence electrons. The Bertz CT molecular complexity index is 884. The summed E-state index contributed by atoms with van der Waals surface area (Å²) in [6.45, 7) is 2.84. The number of fused-ring (bicyclic) bond motifs is 1. The fraction of sp³-hybridized carbons (Fsp3) is 0.250. The van der Waals surface area contributed by atoms with Crippen LogP contribution in [-0.4, -0.2) is 28.1 Å². The van der Waals surface area contributed by atoms with Crippen LogP contribution in [0.25, 0.3) is 10.8 Å². The van der Waals surface area contributed by atoms with Gasteiger partial charge >= 0.3 is 0 Å². The minimum absolute atomic E-state index is 0.0392. The Kier molecular flexibility index (Phi) is 4.67. The van der Waals surface area contributed by atoms with Crippen LogP contribution in [0.3, 0.4) is 0 Å². The van der Waals surface area contributed by atoms with Gasteiger partial charge in [-0.05, 0) is 55.6 Å². The van der Waals surface area contributed by atoms with Gasteiger partial charge in [0.1, 0.15) is 5.75 Å². The molecule has 0 fully saturated rings. The van der Waals surface area contributed by atoms with Gasteiger partial charge in [0.05, 0.1) is 0 Å². The topological polar surface area (TPSA) is 56.3 Å². The minimum Gasteiger partial charge on any atom is -0.508 e. The van der Waals surface area contributed by atoms with Gasteiger partial charge in [0, 0.05) is 23.7 Å². The van der Waals surface area contributed by atoms with Crippen LogP contribution < -0.4 is 5.56 Å². The molecule has 3 rings (SSSR count). The molecular weight excluding hydrogens is 300 g/mol. The molecule has 0 aliphatic carbocycles. The van der Waals surface area contributed by atoms with Crippen LogP contribution in [-0.2, 0) is 13.0 Å². The monoisotopic (exact) mass is 322 g/mol. The molecule has 0 bridgehead atoms. The molecule has 2 N–H and O–H groups in total. The molecule has 1 unspecified atom stereocenters. The van der Waals surface area contributed by atoms with E-state index in [1.54, 1.807) is 12.1 Å². The van der Waals surface area contributed by atoms with E-state index < -0.39 is 0 Å². The lowest BCUT2D eigenvalue weighted by atomic mass is 10.1. The SMILES string of the molecule is CC(Cc1ccc(O)cc1)N(C)Cc1cc2ccccc2c(=O)[nH]1. The van der Waals surface area contributed by atoms with Crippen molar-refractivity contribution in [2.75, 3.05) is 7.05 Å². The highest BCUT2D eigenvalue weighted by Crippen LogP contribution is 2.15. The molecule has 0 amide bonds. The molecule has 0 aliphatic heterocycles. The van der Waals surface area contributed by atoms with E-state index in [2.05, 4.69) is 23.9 Å². The lowest BCUT2D eigenvalue weighted by Gasteiger charge is -2.24. The quantitative estimate of drug-likeness (QED) is 0.758. The van der Waals surface area contributed by atoms with Gasteiger partial charge in [-0.25, -0.2) is 0 Å². The number of phenolic OH excluding ortho intramolecular Hbond substituents is 1. The van der Waals surface area contributed by atoms with Crippen molar-refractivity contribution < 1.29 is 5.11 Å². The molecule has 4 nitrogen and oxygen atoms in total. The Morgan fingerprint density at radius 1 is 1.12 bits per heavy atom. The van der Waals surface area contributed by atoms with E-state index in [-0.39, 0.29) is 11.3 Å². The van der Waals surface area contributed by atoms with Crippen LogP contribution in [0.2, 0.25) is 0 Å². The fourth-order valence-corrected chi connectivity index (χ4v) is 2.91. The van der Waals surface area contributed by atoms with E-state index in [4.69, 9.17) is 0 Å². The van der Waals surface area contributed by atoms with E-state index in [9.17, 15) is 9.90 Å². The molecule has 0 aliphatic rings. The lowest BCUT2D eigenvalue weighted by molar-refractivity contribution is 0.245. The number of nitrogens with zero attached hydrogens (tertiary/aromatic N) is 1. The third-order valence-corrected chi connectivity index (χ3v) is 4.45. The van der Waals surface area contributed by atoms with Gasteiger partial charge < -0.3 is 10.1 Å². The Morgan fingerprint density at radius 2 is 1.83 bits per heavy atom. The highest BCUT2D eigenvalue weighted by atomic mass is 16.3. The molecule has 1 aromatic heterocycles. The molecule has 3 aromatic rings. The van der Waals surface area contributed by atoms with E-state index >= 15 is 0 Å². The zero-order valence-electron chi connectivity index (χ0n) is 14.0. The van der Waals surface area contributed by atoms with Crippen molar-refractivity contribution in [3.8, 4) is 5.75 Å². The maximum Gasteiger partial charge on any atom is 0.256 e. The van der Waals surface area contributed by atoms with Crippen LogP contribution in [0, 0.1) is 0 Å². The van der Waals surface area contributed by atoms with Gasteiger partial charge in [0.15, 0.2) is 0 Å². The normalized spacial score (nSPS) is 12.6. The van der Waals surface area contributed by atoms with Gasteiger partial charge in [0.25, 0.3) is 5.56 Å². The van der Waals surface area contributed by atoms with Gasteiger partial charge in [-0.1, -0.05) is 30.3 Å². The first-order valence-electron chi connectivity index (χ1n) is 8.12. The summed E-state index contributed by atoms with van der Waals surface area (Å²) in [5.74, 6) is 0.286. The second-order valence-electron chi connectivity index (χ2n) is 6.35. The Labute approximate surface area is 141 Å². The zero-order chi connectivity index (χ0) is 17.1. The average Bonchev–Trinajstić information content (AvgIpc) is 2.57. The molecule has 0 radical (unpaired) electrons. The predicted octanol–water partition coefficient (Wildman–Crippen LogP) is 3.30. The number of nitrogens with one attached hydrogen (secondary N) is 1. The number of H-pyrrole nitrogens is 1. The van der Waals surface area contributed by atoms with Gasteiger partial charge in [-0.3, -0.25) is 9.69 Å². The number of rotatable bonds is 5. The van der Waals surface area contributed by atoms with Crippen LogP contribution in [0.5, 0.6) is 5.75 Å². The number of aromatic amines is 1. The molecule has 4 heteroatoms. The van der Waals surface area contributed by atoms with Gasteiger partial charge in [-0.2, -0.15) is 0 Å². The highest BCUT2D eigenvalue weighted by Gasteiger charge is 2.12. The molecule has 0 saturated carbocycles. The van der Waals surface area contributed by atoms with Crippen LogP contribution in [0.15, 0.2) is 59.4 Å². The number of likely N-dealkylation sites (N-methyl/N-ethyl adjacent to an activating group) is 1. The summed E-state index contributed by atoms with van der Waals surface area (Å²) in [6.07, 6.45) is 0.884. The Morgan fingerprint density at radius 3 is 2.58 bits per heavy atom. The van der Waals surface area contributed by atoms with Crippen LogP contribution >= 0.6 is 0 Å². The van der Waals surface area contributed by atoms with Crippen molar-refractivity contribution in [3.63, 3.8) is 0 Å². The predicted molar refractivity (Wildman–Crippen MR) is 97.3 cm³/mol. The van der Waals surface area contributed by atoms with Crippen molar-refractivity contribution in [1.82, 2.24) is 9.88 Å². The smallest absolute Gasteiger partial charge is 0.256 e. The zero-order valence-corrected chi connectivity index (χ0v) is 14.0. The largest absolute Gasteiger partial charge is 0.508 e. The Hall–Kier alpha value is -2.59. The van der Waals surface area contributed by atoms with Crippen molar-refractivity contribution >= 4 is 10.8 Å². The van der Waals surface area contributed by atoms with E-state index in [0.29, 0.717) is 12.6 Å². The first-order chi connectivity index (χ1) is 11.5. The minimum atomic E-state index is -0.0392. The Balaban J connectivity index is 1.73. The van der Waals surface area contributed by atoms with E-state index in [1.807, 2.05) is 42.5 Å². The summed E-state index contributed by atoms with van der Waals surface area (Å²) in [5, 5.41) is 11.1. The van der Waals surface area contributed by atoms with Crippen molar-refractivity contribution in [2.24, 2.45) is 0 Å². The van der Waals surface area contributed by atoms with Crippen LogP contribution in [0.1, 0.15) is 18.2 Å². The molecule has 2 aromatic carbocycles. The summed E-state index contributed by atoms with van der Waals surface area (Å²) >= 11 is 0. The summed E-state index contributed by atoms with van der Waals surface area (Å²) < 4.78 is 0. The summed E-state index contributed by atoms with van der Waals surface area (Å²) in [7, 11) is 2.05. The number of aromatic hydroxyl groups is 1. The summed E-state index contributed by atoms with van der Waals surface area (Å²) in [4.78, 5) is 17.4. The van der Waals surface area contributed by atoms with Gasteiger partial charge in [0.2, 0.25) is 0 Å². The molecule has 0 saturated heterocycles. The first kappa shape index (κ1) is 16.3. The molecule has 1 atom stereocenters. The first-order valence-corrected chi connectivity index (χ1v) is 8.12. The van der Waals surface area contributed by atoms with Crippen molar-refractivity contribution in [1.29, 1.82) is 0 Å². The molecule has 0 spiro atoms. The number of hydrogen-bond acceptors (Lipinski definition) is 3. The standard InChI is InChI=1S/C20H22N2O2/c1-14(11-15-7-9-18(23)10-8-15)22(2)13-17-12-16-5-3-4-6-19(16)20(24)21-17/h3-10,12,14,23H,11,13H2,1-2H3,(H,21,24). The highest BCUT2D eigenvalue weighted by molar-refractivity contribution is 5.81. The molecular formula is C20H22N2O2. The lowest BCUT2D eigenvalue weighted by Crippen LogP contribution is -2.31. The number of phenols is 1.